The van der Waals surface area contributed by atoms with Crippen molar-refractivity contribution >= 4 is 17.8 Å². The van der Waals surface area contributed by atoms with Crippen molar-refractivity contribution in [2.75, 3.05) is 13.2 Å². The normalized spacial score (nSPS) is 15.3. The first-order chi connectivity index (χ1) is 9.93. The van der Waals surface area contributed by atoms with Crippen molar-refractivity contribution in [2.24, 2.45) is 0 Å². The smallest absolute Gasteiger partial charge is 0.334 e. The topological polar surface area (TPSA) is 66.9 Å². The fourth-order valence-electron chi connectivity index (χ4n) is 1.98. The average Bonchev–Trinajstić information content (AvgIpc) is 2.64. The number of carbonyl (C=O) groups excluding carboxylic acids is 3. The Morgan fingerprint density at radius 3 is 2.38 bits per heavy atom. The number of nitrogens with zero attached hydrogens (tertiary/aromatic N) is 2. The molecule has 1 fully saturated rings. The van der Waals surface area contributed by atoms with Crippen molar-refractivity contribution in [1.82, 2.24) is 9.80 Å². The Hall–Kier alpha value is -2.44. The minimum atomic E-state index is -0.883. The Kier molecular flexibility index (Phi) is 4.21. The van der Waals surface area contributed by atoms with Crippen LogP contribution in [-0.2, 0) is 9.59 Å². The van der Waals surface area contributed by atoms with Crippen LogP contribution in [0.5, 0.6) is 5.75 Å². The molecule has 1 saturated heterocycles. The van der Waals surface area contributed by atoms with Gasteiger partial charge in [0.2, 0.25) is 0 Å². The molecule has 0 aliphatic carbocycles. The molecular formula is C14H15FN2O4. The van der Waals surface area contributed by atoms with Crippen LogP contribution in [0.25, 0.3) is 0 Å². The molecule has 7 heteroatoms. The summed E-state index contributed by atoms with van der Waals surface area (Å²) in [6.07, 6.45) is 0. The maximum absolute atomic E-state index is 13.3. The number of benzene rings is 1. The molecule has 0 saturated carbocycles. The minimum Gasteiger partial charge on any atom is -0.489 e. The largest absolute Gasteiger partial charge is 0.489 e. The van der Waals surface area contributed by atoms with E-state index in [1.165, 1.54) is 18.2 Å². The molecule has 1 aromatic rings. The van der Waals surface area contributed by atoms with Crippen molar-refractivity contribution in [3.63, 3.8) is 0 Å². The van der Waals surface area contributed by atoms with Gasteiger partial charge >= 0.3 is 17.8 Å². The number of hydrogen-bond acceptors (Lipinski definition) is 4. The summed E-state index contributed by atoms with van der Waals surface area (Å²) in [6.45, 7) is 3.09. The molecule has 4 amide bonds. The van der Waals surface area contributed by atoms with Crippen LogP contribution in [-0.4, -0.2) is 46.8 Å². The lowest BCUT2D eigenvalue weighted by atomic mass is 10.3. The van der Waals surface area contributed by atoms with E-state index in [1.54, 1.807) is 19.9 Å². The van der Waals surface area contributed by atoms with Gasteiger partial charge in [-0.25, -0.2) is 9.18 Å². The molecule has 1 aromatic carbocycles. The van der Waals surface area contributed by atoms with E-state index < -0.39 is 29.7 Å². The number of para-hydroxylation sites is 1. The highest BCUT2D eigenvalue weighted by molar-refractivity contribution is 6.44. The van der Waals surface area contributed by atoms with Crippen LogP contribution in [0.15, 0.2) is 24.3 Å². The monoisotopic (exact) mass is 294 g/mol. The molecule has 2 rings (SSSR count). The number of carbonyl (C=O) groups is 3. The zero-order chi connectivity index (χ0) is 15.6. The number of hydrogen-bond donors (Lipinski definition) is 0. The fourth-order valence-corrected chi connectivity index (χ4v) is 1.98. The molecule has 1 aliphatic heterocycles. The number of urea groups is 1. The standard InChI is InChI=1S/C14H15FN2O4/c1-9(2)17-13(19)12(18)16(14(17)20)7-8-21-11-6-4-3-5-10(11)15/h3-6,9H,7-8H2,1-2H3. The number of ether oxygens (including phenoxy) is 1. The average molecular weight is 294 g/mol. The summed E-state index contributed by atoms with van der Waals surface area (Å²) in [6, 6.07) is 4.74. The highest BCUT2D eigenvalue weighted by atomic mass is 19.1. The third-order valence-electron chi connectivity index (χ3n) is 3.01. The lowest BCUT2D eigenvalue weighted by Gasteiger charge is -2.18. The van der Waals surface area contributed by atoms with E-state index in [4.69, 9.17) is 4.74 Å². The second-order valence-electron chi connectivity index (χ2n) is 4.79. The SMILES string of the molecule is CC(C)N1C(=O)C(=O)N(CCOc2ccccc2F)C1=O. The molecule has 21 heavy (non-hydrogen) atoms. The highest BCUT2D eigenvalue weighted by Gasteiger charge is 2.45. The van der Waals surface area contributed by atoms with E-state index in [0.717, 1.165) is 9.80 Å². The van der Waals surface area contributed by atoms with Crippen LogP contribution in [0.4, 0.5) is 9.18 Å². The van der Waals surface area contributed by atoms with Crippen LogP contribution in [0, 0.1) is 5.82 Å². The van der Waals surface area contributed by atoms with E-state index in [-0.39, 0.29) is 18.9 Å². The van der Waals surface area contributed by atoms with Crippen LogP contribution < -0.4 is 4.74 Å². The Bertz CT molecular complexity index is 588. The zero-order valence-corrected chi connectivity index (χ0v) is 11.7. The molecule has 0 N–H and O–H groups in total. The first-order valence-corrected chi connectivity index (χ1v) is 6.50. The van der Waals surface area contributed by atoms with E-state index in [1.807, 2.05) is 0 Å². The molecule has 6 nitrogen and oxygen atoms in total. The van der Waals surface area contributed by atoms with E-state index >= 15 is 0 Å². The quantitative estimate of drug-likeness (QED) is 0.608. The van der Waals surface area contributed by atoms with Gasteiger partial charge < -0.3 is 4.74 Å². The number of imide groups is 2. The maximum atomic E-state index is 13.3. The van der Waals surface area contributed by atoms with Gasteiger partial charge in [0, 0.05) is 6.04 Å². The molecule has 0 unspecified atom stereocenters. The molecular weight excluding hydrogens is 279 g/mol. The Labute approximate surface area is 121 Å². The minimum absolute atomic E-state index is 0.0311. The second kappa shape index (κ2) is 5.90. The summed E-state index contributed by atoms with van der Waals surface area (Å²) in [5.41, 5.74) is 0. The van der Waals surface area contributed by atoms with E-state index in [0.29, 0.717) is 0 Å². The first kappa shape index (κ1) is 15.0. The van der Waals surface area contributed by atoms with Crippen molar-refractivity contribution in [1.29, 1.82) is 0 Å². The summed E-state index contributed by atoms with van der Waals surface area (Å²) in [5, 5.41) is 0. The van der Waals surface area contributed by atoms with Gasteiger partial charge in [-0.15, -0.1) is 0 Å². The molecule has 1 heterocycles. The first-order valence-electron chi connectivity index (χ1n) is 6.50. The lowest BCUT2D eigenvalue weighted by molar-refractivity contribution is -0.143. The predicted octanol–water partition coefficient (Wildman–Crippen LogP) is 1.40. The van der Waals surface area contributed by atoms with Gasteiger partial charge in [-0.05, 0) is 26.0 Å². The lowest BCUT2D eigenvalue weighted by Crippen LogP contribution is -2.39. The van der Waals surface area contributed by atoms with Crippen molar-refractivity contribution in [3.05, 3.63) is 30.1 Å². The molecule has 0 atom stereocenters. The fraction of sp³-hybridized carbons (Fsp3) is 0.357. The molecule has 0 bridgehead atoms. The molecule has 112 valence electrons. The molecule has 0 aromatic heterocycles. The summed E-state index contributed by atoms with van der Waals surface area (Å²) >= 11 is 0. The van der Waals surface area contributed by atoms with Crippen molar-refractivity contribution in [2.45, 2.75) is 19.9 Å². The van der Waals surface area contributed by atoms with Gasteiger partial charge in [-0.3, -0.25) is 19.4 Å². The second-order valence-corrected chi connectivity index (χ2v) is 4.79. The molecule has 1 aliphatic rings. The van der Waals surface area contributed by atoms with E-state index in [2.05, 4.69) is 0 Å². The summed E-state index contributed by atoms with van der Waals surface area (Å²) in [5.74, 6) is -2.23. The Morgan fingerprint density at radius 2 is 1.81 bits per heavy atom. The van der Waals surface area contributed by atoms with Crippen molar-refractivity contribution in [3.8, 4) is 5.75 Å². The third-order valence-corrected chi connectivity index (χ3v) is 3.01. The van der Waals surface area contributed by atoms with Gasteiger partial charge in [0.15, 0.2) is 11.6 Å². The maximum Gasteiger partial charge on any atom is 0.334 e. The van der Waals surface area contributed by atoms with Crippen LogP contribution in [0.3, 0.4) is 0 Å². The van der Waals surface area contributed by atoms with Crippen LogP contribution in [0.2, 0.25) is 0 Å². The van der Waals surface area contributed by atoms with E-state index in [9.17, 15) is 18.8 Å². The number of halogens is 1. The molecule has 0 spiro atoms. The van der Waals surface area contributed by atoms with Gasteiger partial charge in [0.1, 0.15) is 6.61 Å². The Balaban J connectivity index is 1.98. The van der Waals surface area contributed by atoms with Gasteiger partial charge in [0.05, 0.1) is 6.54 Å². The highest BCUT2D eigenvalue weighted by Crippen LogP contribution is 2.17. The number of rotatable bonds is 5. The summed E-state index contributed by atoms with van der Waals surface area (Å²) < 4.78 is 18.5. The van der Waals surface area contributed by atoms with Crippen LogP contribution in [0.1, 0.15) is 13.8 Å². The van der Waals surface area contributed by atoms with Crippen LogP contribution >= 0.6 is 0 Å². The number of amides is 4. The molecule has 0 radical (unpaired) electrons. The summed E-state index contributed by atoms with van der Waals surface area (Å²) in [4.78, 5) is 37.1. The Morgan fingerprint density at radius 1 is 1.14 bits per heavy atom. The van der Waals surface area contributed by atoms with Gasteiger partial charge in [0.25, 0.3) is 0 Å². The van der Waals surface area contributed by atoms with Gasteiger partial charge in [-0.1, -0.05) is 12.1 Å². The van der Waals surface area contributed by atoms with Crippen molar-refractivity contribution < 1.29 is 23.5 Å². The zero-order valence-electron chi connectivity index (χ0n) is 11.7. The third kappa shape index (κ3) is 2.86. The predicted molar refractivity (Wildman–Crippen MR) is 71.0 cm³/mol. The van der Waals surface area contributed by atoms with Gasteiger partial charge in [-0.2, -0.15) is 0 Å². The summed E-state index contributed by atoms with van der Waals surface area (Å²) in [7, 11) is 0.